The van der Waals surface area contributed by atoms with Crippen LogP contribution in [-0.2, 0) is 11.3 Å². The number of nitrogens with two attached hydrogens (primary N) is 1. The molecule has 0 radical (unpaired) electrons. The van der Waals surface area contributed by atoms with Crippen LogP contribution in [0, 0.1) is 5.92 Å². The molecule has 0 bridgehead atoms. The standard InChI is InChI=1S/C13H21ClN2OS/c1-4-16(8-10-5-6-12(14)18-10)13(17)11(15)7-9(2)3/h5-6,9,11H,4,7-8,15H2,1-3H3. The highest BCUT2D eigenvalue weighted by atomic mass is 35.5. The minimum atomic E-state index is -0.402. The maximum atomic E-state index is 12.2. The summed E-state index contributed by atoms with van der Waals surface area (Å²) < 4.78 is 0.750. The van der Waals surface area contributed by atoms with Gasteiger partial charge in [0.25, 0.3) is 0 Å². The van der Waals surface area contributed by atoms with E-state index in [1.807, 2.05) is 19.1 Å². The lowest BCUT2D eigenvalue weighted by Crippen LogP contribution is -2.43. The van der Waals surface area contributed by atoms with Crippen LogP contribution in [0.5, 0.6) is 0 Å². The van der Waals surface area contributed by atoms with Crippen molar-refractivity contribution < 1.29 is 4.79 Å². The fraction of sp³-hybridized carbons (Fsp3) is 0.615. The quantitative estimate of drug-likeness (QED) is 0.874. The zero-order chi connectivity index (χ0) is 13.7. The fourth-order valence-electron chi connectivity index (χ4n) is 1.81. The van der Waals surface area contributed by atoms with Gasteiger partial charge in [-0.15, -0.1) is 11.3 Å². The minimum Gasteiger partial charge on any atom is -0.336 e. The molecule has 0 saturated heterocycles. The predicted octanol–water partition coefficient (Wildman–Crippen LogP) is 3.12. The molecule has 0 aromatic carbocycles. The molecule has 0 fully saturated rings. The third kappa shape index (κ3) is 4.59. The van der Waals surface area contributed by atoms with Crippen LogP contribution in [0.15, 0.2) is 12.1 Å². The summed E-state index contributed by atoms with van der Waals surface area (Å²) in [5.74, 6) is 0.453. The van der Waals surface area contributed by atoms with Crippen molar-refractivity contribution in [2.24, 2.45) is 11.7 Å². The zero-order valence-corrected chi connectivity index (χ0v) is 12.7. The zero-order valence-electron chi connectivity index (χ0n) is 11.1. The molecule has 0 aliphatic carbocycles. The van der Waals surface area contributed by atoms with Crippen molar-refractivity contribution in [3.05, 3.63) is 21.3 Å². The summed E-state index contributed by atoms with van der Waals surface area (Å²) in [5, 5.41) is 0. The molecule has 1 aromatic heterocycles. The molecule has 1 atom stereocenters. The Kier molecular flexibility index (Phi) is 6.12. The van der Waals surface area contributed by atoms with E-state index in [9.17, 15) is 4.79 Å². The molecule has 0 aliphatic rings. The van der Waals surface area contributed by atoms with E-state index >= 15 is 0 Å². The van der Waals surface area contributed by atoms with E-state index < -0.39 is 6.04 Å². The van der Waals surface area contributed by atoms with Crippen molar-refractivity contribution in [2.45, 2.75) is 39.8 Å². The van der Waals surface area contributed by atoms with Crippen LogP contribution in [0.25, 0.3) is 0 Å². The van der Waals surface area contributed by atoms with Gasteiger partial charge in [-0.2, -0.15) is 0 Å². The molecule has 5 heteroatoms. The van der Waals surface area contributed by atoms with Crippen molar-refractivity contribution in [1.29, 1.82) is 0 Å². The van der Waals surface area contributed by atoms with Gasteiger partial charge in [-0.05, 0) is 31.4 Å². The number of hydrogen-bond acceptors (Lipinski definition) is 3. The highest BCUT2D eigenvalue weighted by molar-refractivity contribution is 7.16. The molecule has 1 aromatic rings. The molecular weight excluding hydrogens is 268 g/mol. The number of hydrogen-bond donors (Lipinski definition) is 1. The number of amides is 1. The normalized spacial score (nSPS) is 12.8. The van der Waals surface area contributed by atoms with Gasteiger partial charge in [-0.1, -0.05) is 25.4 Å². The van der Waals surface area contributed by atoms with Gasteiger partial charge in [0.05, 0.1) is 16.9 Å². The molecule has 18 heavy (non-hydrogen) atoms. The van der Waals surface area contributed by atoms with Crippen LogP contribution in [0.2, 0.25) is 4.34 Å². The predicted molar refractivity (Wildman–Crippen MR) is 77.9 cm³/mol. The van der Waals surface area contributed by atoms with Gasteiger partial charge >= 0.3 is 0 Å². The van der Waals surface area contributed by atoms with E-state index in [0.717, 1.165) is 15.6 Å². The second-order valence-electron chi connectivity index (χ2n) is 4.79. The van der Waals surface area contributed by atoms with E-state index in [-0.39, 0.29) is 5.91 Å². The van der Waals surface area contributed by atoms with E-state index in [4.69, 9.17) is 17.3 Å². The Balaban J connectivity index is 2.62. The van der Waals surface area contributed by atoms with Gasteiger partial charge in [-0.3, -0.25) is 4.79 Å². The van der Waals surface area contributed by atoms with Gasteiger partial charge < -0.3 is 10.6 Å². The SMILES string of the molecule is CCN(Cc1ccc(Cl)s1)C(=O)C(N)CC(C)C. The molecule has 1 amide bonds. The fourth-order valence-corrected chi connectivity index (χ4v) is 2.92. The smallest absolute Gasteiger partial charge is 0.239 e. The Morgan fingerprint density at radius 1 is 1.50 bits per heavy atom. The van der Waals surface area contributed by atoms with Crippen LogP contribution >= 0.6 is 22.9 Å². The number of thiophene rings is 1. The highest BCUT2D eigenvalue weighted by Gasteiger charge is 2.21. The van der Waals surface area contributed by atoms with Gasteiger partial charge in [0.1, 0.15) is 0 Å². The molecule has 1 rings (SSSR count). The molecule has 0 saturated carbocycles. The van der Waals surface area contributed by atoms with E-state index in [1.54, 1.807) is 4.90 Å². The molecule has 102 valence electrons. The van der Waals surface area contributed by atoms with Gasteiger partial charge in [0.15, 0.2) is 0 Å². The molecule has 2 N–H and O–H groups in total. The number of rotatable bonds is 6. The summed E-state index contributed by atoms with van der Waals surface area (Å²) in [5.41, 5.74) is 5.94. The Morgan fingerprint density at radius 2 is 2.17 bits per heavy atom. The Morgan fingerprint density at radius 3 is 2.61 bits per heavy atom. The summed E-state index contributed by atoms with van der Waals surface area (Å²) >= 11 is 7.39. The molecule has 0 spiro atoms. The number of carbonyl (C=O) groups excluding carboxylic acids is 1. The molecule has 3 nitrogen and oxygen atoms in total. The molecular formula is C13H21ClN2OS. The minimum absolute atomic E-state index is 0.0238. The Hall–Kier alpha value is -0.580. The van der Waals surface area contributed by atoms with Crippen molar-refractivity contribution >= 4 is 28.8 Å². The average Bonchev–Trinajstić information content (AvgIpc) is 2.70. The van der Waals surface area contributed by atoms with Crippen molar-refractivity contribution in [2.75, 3.05) is 6.54 Å². The van der Waals surface area contributed by atoms with Crippen LogP contribution in [0.4, 0.5) is 0 Å². The lowest BCUT2D eigenvalue weighted by atomic mass is 10.0. The summed E-state index contributed by atoms with van der Waals surface area (Å²) in [6, 6.07) is 3.41. The van der Waals surface area contributed by atoms with Gasteiger partial charge in [-0.25, -0.2) is 0 Å². The van der Waals surface area contributed by atoms with Crippen molar-refractivity contribution in [3.63, 3.8) is 0 Å². The lowest BCUT2D eigenvalue weighted by molar-refractivity contribution is -0.133. The first kappa shape index (κ1) is 15.5. The summed E-state index contributed by atoms with van der Waals surface area (Å²) in [6.45, 7) is 7.37. The molecule has 0 aliphatic heterocycles. The van der Waals surface area contributed by atoms with Gasteiger partial charge in [0.2, 0.25) is 5.91 Å². The van der Waals surface area contributed by atoms with Crippen LogP contribution in [-0.4, -0.2) is 23.4 Å². The number of halogens is 1. The Labute approximate surface area is 118 Å². The number of carbonyl (C=O) groups is 1. The van der Waals surface area contributed by atoms with Gasteiger partial charge in [0, 0.05) is 11.4 Å². The summed E-state index contributed by atoms with van der Waals surface area (Å²) in [7, 11) is 0. The van der Waals surface area contributed by atoms with Crippen LogP contribution in [0.3, 0.4) is 0 Å². The topological polar surface area (TPSA) is 46.3 Å². The first-order valence-electron chi connectivity index (χ1n) is 6.22. The third-order valence-corrected chi connectivity index (χ3v) is 3.93. The van der Waals surface area contributed by atoms with Crippen LogP contribution < -0.4 is 5.73 Å². The maximum absolute atomic E-state index is 12.2. The first-order valence-corrected chi connectivity index (χ1v) is 7.42. The first-order chi connectivity index (χ1) is 8.43. The van der Waals surface area contributed by atoms with Crippen molar-refractivity contribution in [1.82, 2.24) is 4.90 Å². The molecule has 1 heterocycles. The van der Waals surface area contributed by atoms with E-state index in [1.165, 1.54) is 11.3 Å². The maximum Gasteiger partial charge on any atom is 0.239 e. The summed E-state index contributed by atoms with van der Waals surface area (Å²) in [6.07, 6.45) is 0.723. The third-order valence-electron chi connectivity index (χ3n) is 2.71. The van der Waals surface area contributed by atoms with Crippen LogP contribution in [0.1, 0.15) is 32.1 Å². The Bertz CT molecular complexity index is 392. The second kappa shape index (κ2) is 7.12. The second-order valence-corrected chi connectivity index (χ2v) is 6.59. The monoisotopic (exact) mass is 288 g/mol. The molecule has 1 unspecified atom stereocenters. The number of nitrogens with zero attached hydrogens (tertiary/aromatic N) is 1. The highest BCUT2D eigenvalue weighted by Crippen LogP contribution is 2.23. The number of likely N-dealkylation sites (N-methyl/N-ethyl adjacent to an activating group) is 1. The lowest BCUT2D eigenvalue weighted by Gasteiger charge is -2.24. The summed E-state index contributed by atoms with van der Waals surface area (Å²) in [4.78, 5) is 15.1. The average molecular weight is 289 g/mol. The van der Waals surface area contributed by atoms with E-state index in [2.05, 4.69) is 13.8 Å². The van der Waals surface area contributed by atoms with E-state index in [0.29, 0.717) is 19.0 Å². The largest absolute Gasteiger partial charge is 0.336 e. The van der Waals surface area contributed by atoms with Crippen molar-refractivity contribution in [3.8, 4) is 0 Å².